The number of rotatable bonds is 7. The lowest BCUT2D eigenvalue weighted by atomic mass is 10.2. The van der Waals surface area contributed by atoms with Crippen LogP contribution in [0.1, 0.15) is 30.5 Å². The predicted octanol–water partition coefficient (Wildman–Crippen LogP) is 2.52. The molecular weight excluding hydrogens is 501 g/mol. The molecule has 0 amide bonds. The summed E-state index contributed by atoms with van der Waals surface area (Å²) in [6, 6.07) is 12.7. The lowest BCUT2D eigenvalue weighted by molar-refractivity contribution is 0.346. The molecule has 0 saturated carbocycles. The van der Waals surface area contributed by atoms with Crippen molar-refractivity contribution in [3.05, 3.63) is 59.9 Å². The van der Waals surface area contributed by atoms with Gasteiger partial charge in [0.25, 0.3) is 0 Å². The molecule has 0 atom stereocenters. The Bertz CT molecular complexity index is 883. The molecule has 29 heavy (non-hydrogen) atoms. The highest BCUT2D eigenvalue weighted by Gasteiger charge is 2.25. The predicted molar refractivity (Wildman–Crippen MR) is 126 cm³/mol. The van der Waals surface area contributed by atoms with Crippen LogP contribution >= 0.6 is 24.0 Å². The number of nitrogens with zero attached hydrogens (tertiary/aromatic N) is 3. The molecule has 7 nitrogen and oxygen atoms in total. The van der Waals surface area contributed by atoms with Crippen molar-refractivity contribution in [2.24, 2.45) is 10.7 Å². The summed E-state index contributed by atoms with van der Waals surface area (Å²) < 4.78 is 26.9. The van der Waals surface area contributed by atoms with E-state index >= 15 is 0 Å². The molecule has 1 aromatic carbocycles. The summed E-state index contributed by atoms with van der Waals surface area (Å²) in [4.78, 5) is 8.90. The zero-order chi connectivity index (χ0) is 19.8. The third kappa shape index (κ3) is 6.93. The number of benzene rings is 1. The molecule has 0 bridgehead atoms. The van der Waals surface area contributed by atoms with Crippen LogP contribution in [0.2, 0.25) is 0 Å². The van der Waals surface area contributed by atoms with Crippen LogP contribution in [-0.4, -0.2) is 43.3 Å². The second-order valence-electron chi connectivity index (χ2n) is 6.81. The van der Waals surface area contributed by atoms with Crippen molar-refractivity contribution >= 4 is 40.0 Å². The molecule has 9 heteroatoms. The number of guanidine groups is 1. The number of pyridine rings is 1. The van der Waals surface area contributed by atoms with Crippen molar-refractivity contribution in [2.75, 3.05) is 19.6 Å². The highest BCUT2D eigenvalue weighted by Crippen LogP contribution is 2.21. The number of piperidine rings is 1. The minimum absolute atomic E-state index is 0. The van der Waals surface area contributed by atoms with Crippen LogP contribution < -0.4 is 11.1 Å². The van der Waals surface area contributed by atoms with E-state index in [-0.39, 0.29) is 24.0 Å². The summed E-state index contributed by atoms with van der Waals surface area (Å²) in [5.41, 5.74) is 7.80. The molecule has 2 heterocycles. The molecule has 0 unspecified atom stereocenters. The Morgan fingerprint density at radius 3 is 2.48 bits per heavy atom. The fraction of sp³-hybridized carbons (Fsp3) is 0.400. The van der Waals surface area contributed by atoms with Crippen LogP contribution in [0.25, 0.3) is 0 Å². The van der Waals surface area contributed by atoms with Gasteiger partial charge in [-0.3, -0.25) is 4.98 Å². The van der Waals surface area contributed by atoms with E-state index in [4.69, 9.17) is 5.73 Å². The molecule has 3 N–H and O–H groups in total. The third-order valence-corrected chi connectivity index (χ3v) is 6.63. The van der Waals surface area contributed by atoms with Crippen LogP contribution in [0.5, 0.6) is 0 Å². The monoisotopic (exact) mass is 529 g/mol. The van der Waals surface area contributed by atoms with Crippen LogP contribution in [0.4, 0.5) is 0 Å². The Kier molecular flexibility index (Phi) is 9.31. The minimum Gasteiger partial charge on any atom is -0.370 e. The topological polar surface area (TPSA) is 101 Å². The van der Waals surface area contributed by atoms with Crippen molar-refractivity contribution in [3.8, 4) is 0 Å². The number of aromatic nitrogens is 1. The molecule has 2 aromatic rings. The summed E-state index contributed by atoms with van der Waals surface area (Å²) in [5.74, 6) is 0.362. The molecule has 1 aliphatic heterocycles. The van der Waals surface area contributed by atoms with Gasteiger partial charge < -0.3 is 11.1 Å². The number of nitrogens with one attached hydrogen (secondary N) is 1. The van der Waals surface area contributed by atoms with Gasteiger partial charge in [0.1, 0.15) is 0 Å². The maximum Gasteiger partial charge on any atom is 0.243 e. The first-order valence-corrected chi connectivity index (χ1v) is 11.0. The van der Waals surface area contributed by atoms with E-state index in [1.165, 1.54) is 0 Å². The second kappa shape index (κ2) is 11.5. The average molecular weight is 529 g/mol. The fourth-order valence-electron chi connectivity index (χ4n) is 3.12. The van der Waals surface area contributed by atoms with E-state index in [9.17, 15) is 8.42 Å². The summed E-state index contributed by atoms with van der Waals surface area (Å²) in [6.45, 7) is 2.26. The van der Waals surface area contributed by atoms with E-state index in [0.29, 0.717) is 37.0 Å². The van der Waals surface area contributed by atoms with E-state index in [1.54, 1.807) is 34.8 Å². The molecule has 0 spiro atoms. The summed E-state index contributed by atoms with van der Waals surface area (Å²) in [5, 5.41) is 3.07. The zero-order valence-electron chi connectivity index (χ0n) is 16.3. The maximum atomic E-state index is 12.7. The highest BCUT2D eigenvalue weighted by molar-refractivity contribution is 14.0. The first kappa shape index (κ1) is 23.6. The van der Waals surface area contributed by atoms with Crippen molar-refractivity contribution in [2.45, 2.75) is 37.1 Å². The molecule has 1 fully saturated rings. The van der Waals surface area contributed by atoms with Gasteiger partial charge in [0, 0.05) is 37.9 Å². The molecule has 0 aliphatic carbocycles. The maximum absolute atomic E-state index is 12.7. The van der Waals surface area contributed by atoms with Crippen LogP contribution in [0.3, 0.4) is 0 Å². The number of hydrogen-bond acceptors (Lipinski definition) is 4. The standard InChI is InChI=1S/C20H27N5O2S.HI/c21-20(23-13-11-18-6-2-3-12-22-18)24-16-17-7-9-19(10-8-17)28(26,27)25-14-4-1-5-15-25;/h2-3,6-10,12H,1,4-5,11,13-16H2,(H3,21,23,24);1H. The van der Waals surface area contributed by atoms with Gasteiger partial charge >= 0.3 is 0 Å². The van der Waals surface area contributed by atoms with Crippen LogP contribution in [0.15, 0.2) is 58.5 Å². The van der Waals surface area contributed by atoms with Gasteiger partial charge in [-0.1, -0.05) is 24.6 Å². The fourth-order valence-corrected chi connectivity index (χ4v) is 4.64. The molecule has 1 aromatic heterocycles. The third-order valence-electron chi connectivity index (χ3n) is 4.72. The van der Waals surface area contributed by atoms with E-state index < -0.39 is 10.0 Å². The molecule has 1 saturated heterocycles. The molecular formula is C20H28IN5O2S. The molecule has 3 rings (SSSR count). The first-order valence-electron chi connectivity index (χ1n) is 9.58. The van der Waals surface area contributed by atoms with E-state index in [2.05, 4.69) is 15.3 Å². The second-order valence-corrected chi connectivity index (χ2v) is 8.75. The largest absolute Gasteiger partial charge is 0.370 e. The lowest BCUT2D eigenvalue weighted by Crippen LogP contribution is -2.35. The van der Waals surface area contributed by atoms with Gasteiger partial charge in [0.05, 0.1) is 11.4 Å². The van der Waals surface area contributed by atoms with Gasteiger partial charge in [0.2, 0.25) is 10.0 Å². The van der Waals surface area contributed by atoms with Crippen molar-refractivity contribution < 1.29 is 8.42 Å². The number of sulfonamides is 1. The van der Waals surface area contributed by atoms with Gasteiger partial charge in [-0.2, -0.15) is 4.31 Å². The van der Waals surface area contributed by atoms with Crippen molar-refractivity contribution in [1.82, 2.24) is 14.6 Å². The normalized spacial score (nSPS) is 15.5. The summed E-state index contributed by atoms with van der Waals surface area (Å²) in [7, 11) is -3.39. The highest BCUT2D eigenvalue weighted by atomic mass is 127. The summed E-state index contributed by atoms with van der Waals surface area (Å²) in [6.07, 6.45) is 5.49. The molecule has 158 valence electrons. The zero-order valence-corrected chi connectivity index (χ0v) is 19.5. The van der Waals surface area contributed by atoms with Gasteiger partial charge in [0.15, 0.2) is 5.96 Å². The number of hydrogen-bond donors (Lipinski definition) is 2. The van der Waals surface area contributed by atoms with Crippen LogP contribution in [0, 0.1) is 0 Å². The minimum atomic E-state index is -3.39. The Morgan fingerprint density at radius 1 is 1.10 bits per heavy atom. The van der Waals surface area contributed by atoms with E-state index in [0.717, 1.165) is 36.9 Å². The van der Waals surface area contributed by atoms with Gasteiger partial charge in [-0.05, 0) is 42.7 Å². The van der Waals surface area contributed by atoms with Gasteiger partial charge in [-0.25, -0.2) is 13.4 Å². The number of nitrogens with two attached hydrogens (primary N) is 1. The molecule has 0 radical (unpaired) electrons. The lowest BCUT2D eigenvalue weighted by Gasteiger charge is -2.25. The van der Waals surface area contributed by atoms with Crippen molar-refractivity contribution in [3.63, 3.8) is 0 Å². The van der Waals surface area contributed by atoms with Gasteiger partial charge in [-0.15, -0.1) is 24.0 Å². The van der Waals surface area contributed by atoms with Crippen LogP contribution in [-0.2, 0) is 23.0 Å². The number of aliphatic imine (C=N–C) groups is 1. The smallest absolute Gasteiger partial charge is 0.243 e. The van der Waals surface area contributed by atoms with E-state index in [1.807, 2.05) is 18.2 Å². The molecule has 1 aliphatic rings. The summed E-state index contributed by atoms with van der Waals surface area (Å²) >= 11 is 0. The van der Waals surface area contributed by atoms with Crippen molar-refractivity contribution in [1.29, 1.82) is 0 Å². The average Bonchev–Trinajstić information content (AvgIpc) is 2.74. The first-order chi connectivity index (χ1) is 13.6. The SMILES string of the molecule is I.NC(=NCc1ccc(S(=O)(=O)N2CCCCC2)cc1)NCCc1ccccn1. The Hall–Kier alpha value is -1.72. The Morgan fingerprint density at radius 2 is 1.83 bits per heavy atom. The Balaban J connectivity index is 0.00000300. The number of halogens is 1. The quantitative estimate of drug-likeness (QED) is 0.326. The Labute approximate surface area is 189 Å².